The third kappa shape index (κ3) is 6.25. The minimum atomic E-state index is -1.59. The van der Waals surface area contributed by atoms with E-state index in [9.17, 15) is 22.0 Å². The van der Waals surface area contributed by atoms with Gasteiger partial charge < -0.3 is 0 Å². The minimum Gasteiger partial charge on any atom is -0.206 e. The quantitative estimate of drug-likeness (QED) is 0.155. The van der Waals surface area contributed by atoms with Gasteiger partial charge in [0, 0.05) is 5.56 Å². The van der Waals surface area contributed by atoms with E-state index in [1.54, 1.807) is 0 Å². The van der Waals surface area contributed by atoms with Gasteiger partial charge in [-0.05, 0) is 42.7 Å². The summed E-state index contributed by atoms with van der Waals surface area (Å²) in [6, 6.07) is 3.99. The first-order chi connectivity index (χ1) is 13.4. The number of halogens is 5. The molecule has 150 valence electrons. The Morgan fingerprint density at radius 2 is 1.29 bits per heavy atom. The van der Waals surface area contributed by atoms with Gasteiger partial charge in [0.15, 0.2) is 17.5 Å². The standard InChI is InChI=1S/C21H21F5N2/c1-2-3-4-5-6-7-14-8-17(22)16(18(23)9-14)13-28-27-12-15-10-19(24)21(26)20(25)11-15/h8-13H,2-7H2,1H3/b27-12+,28-13+. The zero-order chi connectivity index (χ0) is 20.5. The number of nitrogens with zero attached hydrogens (tertiary/aromatic N) is 2. The van der Waals surface area contributed by atoms with Gasteiger partial charge in [-0.25, -0.2) is 22.0 Å². The lowest BCUT2D eigenvalue weighted by Gasteiger charge is -2.05. The molecule has 0 atom stereocenters. The van der Waals surface area contributed by atoms with Gasteiger partial charge in [-0.2, -0.15) is 10.2 Å². The van der Waals surface area contributed by atoms with Crippen molar-refractivity contribution in [3.05, 3.63) is 70.0 Å². The maximum absolute atomic E-state index is 14.1. The number of aryl methyl sites for hydroxylation is 1. The molecule has 2 aromatic carbocycles. The zero-order valence-corrected chi connectivity index (χ0v) is 15.5. The van der Waals surface area contributed by atoms with Crippen molar-refractivity contribution < 1.29 is 22.0 Å². The Bertz CT molecular complexity index is 816. The number of unbranched alkanes of at least 4 members (excludes halogenated alkanes) is 4. The minimum absolute atomic E-state index is 0.0760. The summed E-state index contributed by atoms with van der Waals surface area (Å²) in [6.45, 7) is 2.12. The normalized spacial score (nSPS) is 11.8. The van der Waals surface area contributed by atoms with Crippen molar-refractivity contribution in [3.63, 3.8) is 0 Å². The lowest BCUT2D eigenvalue weighted by molar-refractivity contribution is 0.447. The van der Waals surface area contributed by atoms with E-state index in [2.05, 4.69) is 17.1 Å². The van der Waals surface area contributed by atoms with Crippen LogP contribution in [-0.2, 0) is 6.42 Å². The first kappa shape index (κ1) is 21.7. The molecular weight excluding hydrogens is 375 g/mol. The molecule has 0 radical (unpaired) electrons. The molecule has 0 heterocycles. The Hall–Kier alpha value is -2.57. The first-order valence-corrected chi connectivity index (χ1v) is 9.11. The second-order valence-electron chi connectivity index (χ2n) is 6.43. The average molecular weight is 396 g/mol. The van der Waals surface area contributed by atoms with E-state index in [4.69, 9.17) is 0 Å². The van der Waals surface area contributed by atoms with Crippen molar-refractivity contribution in [1.29, 1.82) is 0 Å². The van der Waals surface area contributed by atoms with Gasteiger partial charge >= 0.3 is 0 Å². The maximum Gasteiger partial charge on any atom is 0.194 e. The molecule has 0 unspecified atom stereocenters. The molecule has 7 heteroatoms. The van der Waals surface area contributed by atoms with Gasteiger partial charge in [0.1, 0.15) is 11.6 Å². The highest BCUT2D eigenvalue weighted by Gasteiger charge is 2.10. The summed E-state index contributed by atoms with van der Waals surface area (Å²) in [5, 5.41) is 6.98. The smallest absolute Gasteiger partial charge is 0.194 e. The predicted molar refractivity (Wildman–Crippen MR) is 100 cm³/mol. The third-order valence-corrected chi connectivity index (χ3v) is 4.17. The van der Waals surface area contributed by atoms with Gasteiger partial charge in [0.05, 0.1) is 18.0 Å². The second-order valence-corrected chi connectivity index (χ2v) is 6.43. The Morgan fingerprint density at radius 1 is 0.714 bits per heavy atom. The molecule has 2 nitrogen and oxygen atoms in total. The molecule has 0 aliphatic carbocycles. The molecule has 0 fully saturated rings. The Balaban J connectivity index is 2.01. The Kier molecular flexibility index (Phi) is 8.29. The topological polar surface area (TPSA) is 24.7 Å². The highest BCUT2D eigenvalue weighted by atomic mass is 19.2. The van der Waals surface area contributed by atoms with E-state index in [0.29, 0.717) is 12.0 Å². The summed E-state index contributed by atoms with van der Waals surface area (Å²) in [4.78, 5) is 0. The molecule has 0 amide bonds. The van der Waals surface area contributed by atoms with Crippen LogP contribution in [0.25, 0.3) is 0 Å². The molecular formula is C21H21F5N2. The first-order valence-electron chi connectivity index (χ1n) is 9.11. The summed E-state index contributed by atoms with van der Waals surface area (Å²) < 4.78 is 67.3. The summed E-state index contributed by atoms with van der Waals surface area (Å²) in [7, 11) is 0. The zero-order valence-electron chi connectivity index (χ0n) is 15.5. The van der Waals surface area contributed by atoms with Gasteiger partial charge in [-0.3, -0.25) is 0 Å². The van der Waals surface area contributed by atoms with E-state index < -0.39 is 29.1 Å². The van der Waals surface area contributed by atoms with Gasteiger partial charge in [0.25, 0.3) is 0 Å². The van der Waals surface area contributed by atoms with E-state index in [1.165, 1.54) is 12.1 Å². The molecule has 0 saturated carbocycles. The van der Waals surface area contributed by atoms with Crippen molar-refractivity contribution in [2.75, 3.05) is 0 Å². The summed E-state index contributed by atoms with van der Waals surface area (Å²) >= 11 is 0. The van der Waals surface area contributed by atoms with Crippen LogP contribution in [0.5, 0.6) is 0 Å². The van der Waals surface area contributed by atoms with Crippen molar-refractivity contribution in [2.24, 2.45) is 10.2 Å². The molecule has 0 aliphatic heterocycles. The van der Waals surface area contributed by atoms with E-state index >= 15 is 0 Å². The van der Waals surface area contributed by atoms with Crippen molar-refractivity contribution in [1.82, 2.24) is 0 Å². The highest BCUT2D eigenvalue weighted by Crippen LogP contribution is 2.17. The SMILES string of the molecule is CCCCCCCc1cc(F)c(/C=N/N=C/c2cc(F)c(F)c(F)c2)c(F)c1. The Morgan fingerprint density at radius 3 is 1.89 bits per heavy atom. The summed E-state index contributed by atoms with van der Waals surface area (Å²) in [5.74, 6) is -5.85. The van der Waals surface area contributed by atoms with Crippen LogP contribution in [0.2, 0.25) is 0 Å². The fourth-order valence-corrected chi connectivity index (χ4v) is 2.68. The molecule has 0 saturated heterocycles. The number of hydrogen-bond donors (Lipinski definition) is 0. The number of rotatable bonds is 9. The lowest BCUT2D eigenvalue weighted by Crippen LogP contribution is -1.98. The van der Waals surface area contributed by atoms with Crippen LogP contribution in [0.4, 0.5) is 22.0 Å². The number of benzene rings is 2. The molecule has 0 spiro atoms. The van der Waals surface area contributed by atoms with E-state index in [0.717, 1.165) is 56.7 Å². The largest absolute Gasteiger partial charge is 0.206 e. The van der Waals surface area contributed by atoms with Crippen LogP contribution in [0.15, 0.2) is 34.5 Å². The molecule has 2 rings (SSSR count). The summed E-state index contributed by atoms with van der Waals surface area (Å²) in [5.41, 5.74) is 0.140. The van der Waals surface area contributed by atoms with Crippen molar-refractivity contribution in [2.45, 2.75) is 45.4 Å². The second kappa shape index (κ2) is 10.7. The fourth-order valence-electron chi connectivity index (χ4n) is 2.68. The predicted octanol–water partition coefficient (Wildman–Crippen LogP) is 6.35. The van der Waals surface area contributed by atoms with Crippen LogP contribution in [-0.4, -0.2) is 12.4 Å². The van der Waals surface area contributed by atoms with Gasteiger partial charge in [-0.1, -0.05) is 32.6 Å². The molecule has 0 aliphatic rings. The van der Waals surface area contributed by atoms with Crippen LogP contribution < -0.4 is 0 Å². The molecule has 0 N–H and O–H groups in total. The lowest BCUT2D eigenvalue weighted by atomic mass is 10.0. The Labute approximate surface area is 160 Å². The van der Waals surface area contributed by atoms with Gasteiger partial charge in [-0.15, -0.1) is 0 Å². The molecule has 0 bridgehead atoms. The molecule has 0 aromatic heterocycles. The van der Waals surface area contributed by atoms with Crippen molar-refractivity contribution >= 4 is 12.4 Å². The monoisotopic (exact) mass is 396 g/mol. The van der Waals surface area contributed by atoms with E-state index in [-0.39, 0.29) is 11.1 Å². The summed E-state index contributed by atoms with van der Waals surface area (Å²) in [6.07, 6.45) is 7.67. The molecule has 28 heavy (non-hydrogen) atoms. The average Bonchev–Trinajstić information content (AvgIpc) is 2.64. The maximum atomic E-state index is 14.1. The van der Waals surface area contributed by atoms with Crippen LogP contribution in [0.1, 0.15) is 55.7 Å². The number of hydrogen-bond acceptors (Lipinski definition) is 2. The third-order valence-electron chi connectivity index (χ3n) is 4.17. The van der Waals surface area contributed by atoms with Crippen LogP contribution in [0.3, 0.4) is 0 Å². The molecule has 2 aromatic rings. The van der Waals surface area contributed by atoms with Crippen molar-refractivity contribution in [3.8, 4) is 0 Å². The van der Waals surface area contributed by atoms with E-state index in [1.807, 2.05) is 0 Å². The van der Waals surface area contributed by atoms with Crippen LogP contribution in [0, 0.1) is 29.1 Å². The fraction of sp³-hybridized carbons (Fsp3) is 0.333. The van der Waals surface area contributed by atoms with Crippen LogP contribution >= 0.6 is 0 Å². The highest BCUT2D eigenvalue weighted by molar-refractivity contribution is 5.83. The van der Waals surface area contributed by atoms with Gasteiger partial charge in [0.2, 0.25) is 0 Å².